The number of hydrogen-bond acceptors (Lipinski definition) is 4. The lowest BCUT2D eigenvalue weighted by molar-refractivity contribution is -0.157. The summed E-state index contributed by atoms with van der Waals surface area (Å²) in [6.07, 6.45) is 3.53. The van der Waals surface area contributed by atoms with Crippen LogP contribution in [0.3, 0.4) is 0 Å². The summed E-state index contributed by atoms with van der Waals surface area (Å²) in [6, 6.07) is -0.525. The maximum absolute atomic E-state index is 12.2. The van der Waals surface area contributed by atoms with Gasteiger partial charge >= 0.3 is 5.97 Å². The Kier molecular flexibility index (Phi) is 6.21. The van der Waals surface area contributed by atoms with E-state index in [0.29, 0.717) is 19.6 Å². The second-order valence-electron chi connectivity index (χ2n) is 4.75. The molecule has 0 N–H and O–H groups in total. The molecule has 20 heavy (non-hydrogen) atoms. The zero-order valence-electron chi connectivity index (χ0n) is 12.1. The van der Waals surface area contributed by atoms with E-state index in [1.165, 1.54) is 16.8 Å². The number of ether oxygens (including phenoxy) is 1. The molecular weight excluding hydrogens is 260 g/mol. The molecule has 6 nitrogen and oxygen atoms in total. The van der Waals surface area contributed by atoms with Crippen LogP contribution in [0.2, 0.25) is 0 Å². The van der Waals surface area contributed by atoms with Gasteiger partial charge in [0.25, 0.3) is 0 Å². The Hall–Kier alpha value is -1.85. The van der Waals surface area contributed by atoms with Crippen LogP contribution in [0.5, 0.6) is 0 Å². The van der Waals surface area contributed by atoms with Crippen molar-refractivity contribution in [3.05, 3.63) is 12.7 Å². The van der Waals surface area contributed by atoms with E-state index in [4.69, 9.17) is 4.74 Å². The molecule has 1 fully saturated rings. The Balaban J connectivity index is 2.69. The van der Waals surface area contributed by atoms with Gasteiger partial charge in [0.15, 0.2) is 0 Å². The van der Waals surface area contributed by atoms with Crippen LogP contribution in [-0.4, -0.2) is 60.4 Å². The van der Waals surface area contributed by atoms with E-state index < -0.39 is 6.04 Å². The molecule has 1 atom stereocenters. The van der Waals surface area contributed by atoms with Crippen molar-refractivity contribution in [2.24, 2.45) is 0 Å². The first-order chi connectivity index (χ1) is 9.51. The number of likely N-dealkylation sites (tertiary alicyclic amines) is 1. The molecular formula is C14H22N2O4. The highest BCUT2D eigenvalue weighted by Gasteiger charge is 2.33. The predicted octanol–water partition coefficient (Wildman–Crippen LogP) is 0.575. The largest absolute Gasteiger partial charge is 0.464 e. The van der Waals surface area contributed by atoms with Gasteiger partial charge in [-0.15, -0.1) is 0 Å². The van der Waals surface area contributed by atoms with Crippen LogP contribution < -0.4 is 0 Å². The van der Waals surface area contributed by atoms with Crippen molar-refractivity contribution in [1.82, 2.24) is 9.80 Å². The fourth-order valence-electron chi connectivity index (χ4n) is 2.24. The zero-order valence-corrected chi connectivity index (χ0v) is 12.1. The number of rotatable bonds is 5. The topological polar surface area (TPSA) is 66.9 Å². The summed E-state index contributed by atoms with van der Waals surface area (Å²) in [4.78, 5) is 38.3. The van der Waals surface area contributed by atoms with E-state index in [2.05, 4.69) is 6.58 Å². The van der Waals surface area contributed by atoms with Crippen molar-refractivity contribution >= 4 is 17.8 Å². The predicted molar refractivity (Wildman–Crippen MR) is 73.8 cm³/mol. The first kappa shape index (κ1) is 16.2. The third-order valence-corrected chi connectivity index (χ3v) is 3.31. The van der Waals surface area contributed by atoms with Gasteiger partial charge in [0, 0.05) is 13.6 Å². The van der Waals surface area contributed by atoms with Crippen molar-refractivity contribution < 1.29 is 19.1 Å². The highest BCUT2D eigenvalue weighted by Crippen LogP contribution is 2.18. The maximum atomic E-state index is 12.2. The molecule has 6 heteroatoms. The molecule has 0 radical (unpaired) electrons. The number of hydrogen-bond donors (Lipinski definition) is 0. The number of esters is 1. The molecule has 1 rings (SSSR count). The molecule has 0 bridgehead atoms. The maximum Gasteiger partial charge on any atom is 0.328 e. The highest BCUT2D eigenvalue weighted by molar-refractivity contribution is 5.92. The lowest BCUT2D eigenvalue weighted by Gasteiger charge is -2.34. The van der Waals surface area contributed by atoms with Gasteiger partial charge in [-0.1, -0.05) is 6.58 Å². The minimum Gasteiger partial charge on any atom is -0.464 e. The fourth-order valence-corrected chi connectivity index (χ4v) is 2.24. The number of carbonyl (C=O) groups excluding carboxylic acids is 3. The second kappa shape index (κ2) is 7.67. The van der Waals surface area contributed by atoms with E-state index in [1.54, 1.807) is 6.92 Å². The number of likely N-dealkylation sites (N-methyl/N-ethyl adjacent to an activating group) is 1. The molecule has 2 amide bonds. The van der Waals surface area contributed by atoms with Gasteiger partial charge in [-0.2, -0.15) is 0 Å². The Bertz CT molecular complexity index is 395. The van der Waals surface area contributed by atoms with Gasteiger partial charge in [-0.3, -0.25) is 9.59 Å². The van der Waals surface area contributed by atoms with E-state index in [9.17, 15) is 14.4 Å². The smallest absolute Gasteiger partial charge is 0.328 e. The summed E-state index contributed by atoms with van der Waals surface area (Å²) in [5.41, 5.74) is 0. The summed E-state index contributed by atoms with van der Waals surface area (Å²) in [6.45, 7) is 5.89. The van der Waals surface area contributed by atoms with Gasteiger partial charge in [-0.25, -0.2) is 4.79 Å². The quantitative estimate of drug-likeness (QED) is 0.546. The van der Waals surface area contributed by atoms with Crippen molar-refractivity contribution in [3.63, 3.8) is 0 Å². The standard InChI is InChI=1S/C14H22N2O4/c1-4-12(17)15(3)10-13(18)16-9-7-6-8-11(16)14(19)20-5-2/h4,11H,1,5-10H2,2-3H3. The summed E-state index contributed by atoms with van der Waals surface area (Å²) in [5.74, 6) is -0.915. The Labute approximate surface area is 119 Å². The van der Waals surface area contributed by atoms with Gasteiger partial charge < -0.3 is 14.5 Å². The number of nitrogens with zero attached hydrogens (tertiary/aromatic N) is 2. The molecule has 1 aliphatic heterocycles. The lowest BCUT2D eigenvalue weighted by Crippen LogP contribution is -2.51. The average Bonchev–Trinajstić information content (AvgIpc) is 2.46. The minimum absolute atomic E-state index is 0.0548. The van der Waals surface area contributed by atoms with Crippen LogP contribution >= 0.6 is 0 Å². The van der Waals surface area contributed by atoms with Crippen LogP contribution in [0, 0.1) is 0 Å². The van der Waals surface area contributed by atoms with Crippen LogP contribution in [0.1, 0.15) is 26.2 Å². The first-order valence-electron chi connectivity index (χ1n) is 6.84. The van der Waals surface area contributed by atoms with Crippen molar-refractivity contribution in [1.29, 1.82) is 0 Å². The normalized spacial score (nSPS) is 18.3. The Morgan fingerprint density at radius 1 is 1.40 bits per heavy atom. The molecule has 112 valence electrons. The summed E-state index contributed by atoms with van der Waals surface area (Å²) in [7, 11) is 1.53. The monoisotopic (exact) mass is 282 g/mol. The molecule has 0 aliphatic carbocycles. The summed E-state index contributed by atoms with van der Waals surface area (Å²) >= 11 is 0. The van der Waals surface area contributed by atoms with Gasteiger partial charge in [0.05, 0.1) is 13.2 Å². The third kappa shape index (κ3) is 4.08. The van der Waals surface area contributed by atoms with Crippen LogP contribution in [0.25, 0.3) is 0 Å². The lowest BCUT2D eigenvalue weighted by atomic mass is 10.0. The van der Waals surface area contributed by atoms with Gasteiger partial charge in [0.1, 0.15) is 6.04 Å². The van der Waals surface area contributed by atoms with E-state index in [1.807, 2.05) is 0 Å². The fraction of sp³-hybridized carbons (Fsp3) is 0.643. The molecule has 0 aromatic carbocycles. The SMILES string of the molecule is C=CC(=O)N(C)CC(=O)N1CCCCC1C(=O)OCC. The van der Waals surface area contributed by atoms with E-state index in [-0.39, 0.29) is 24.3 Å². The van der Waals surface area contributed by atoms with Crippen LogP contribution in [-0.2, 0) is 19.1 Å². The van der Waals surface area contributed by atoms with Crippen molar-refractivity contribution in [2.45, 2.75) is 32.2 Å². The molecule has 0 aromatic rings. The Morgan fingerprint density at radius 2 is 2.10 bits per heavy atom. The minimum atomic E-state index is -0.525. The zero-order chi connectivity index (χ0) is 15.1. The van der Waals surface area contributed by atoms with Crippen molar-refractivity contribution in [3.8, 4) is 0 Å². The summed E-state index contributed by atoms with van der Waals surface area (Å²) in [5, 5.41) is 0. The molecule has 0 aromatic heterocycles. The van der Waals surface area contributed by atoms with E-state index >= 15 is 0 Å². The molecule has 1 unspecified atom stereocenters. The van der Waals surface area contributed by atoms with E-state index in [0.717, 1.165) is 18.9 Å². The van der Waals surface area contributed by atoms with Crippen molar-refractivity contribution in [2.75, 3.05) is 26.7 Å². The molecule has 1 aliphatic rings. The number of piperidine rings is 1. The van der Waals surface area contributed by atoms with Gasteiger partial charge in [0.2, 0.25) is 11.8 Å². The number of carbonyl (C=O) groups is 3. The Morgan fingerprint density at radius 3 is 2.70 bits per heavy atom. The first-order valence-corrected chi connectivity index (χ1v) is 6.84. The second-order valence-corrected chi connectivity index (χ2v) is 4.75. The molecule has 0 spiro atoms. The van der Waals surface area contributed by atoms with Gasteiger partial charge in [-0.05, 0) is 32.3 Å². The molecule has 1 saturated heterocycles. The molecule has 1 heterocycles. The highest BCUT2D eigenvalue weighted by atomic mass is 16.5. The third-order valence-electron chi connectivity index (χ3n) is 3.31. The summed E-state index contributed by atoms with van der Waals surface area (Å²) < 4.78 is 5.01. The van der Waals surface area contributed by atoms with Crippen LogP contribution in [0.4, 0.5) is 0 Å². The molecule has 0 saturated carbocycles. The van der Waals surface area contributed by atoms with Crippen LogP contribution in [0.15, 0.2) is 12.7 Å². The average molecular weight is 282 g/mol. The number of amides is 2.